The highest BCUT2D eigenvalue weighted by Gasteiger charge is 2.46. The van der Waals surface area contributed by atoms with Gasteiger partial charge in [-0.3, -0.25) is 0 Å². The minimum Gasteiger partial charge on any atom is -0.493 e. The molecule has 0 spiro atoms. The third kappa shape index (κ3) is 9.77. The maximum absolute atomic E-state index is 13.0. The third-order valence-electron chi connectivity index (χ3n) is 7.83. The molecule has 2 heterocycles. The van der Waals surface area contributed by atoms with E-state index in [4.69, 9.17) is 23.7 Å². The van der Waals surface area contributed by atoms with Crippen LogP contribution in [0.4, 0.5) is 4.39 Å². The van der Waals surface area contributed by atoms with Crippen molar-refractivity contribution in [2.24, 2.45) is 11.8 Å². The Kier molecular flexibility index (Phi) is 12.4. The van der Waals surface area contributed by atoms with Gasteiger partial charge in [0.15, 0.2) is 12.6 Å². The fourth-order valence-electron chi connectivity index (χ4n) is 5.52. The van der Waals surface area contributed by atoms with E-state index in [0.29, 0.717) is 51.3 Å². The molecule has 2 aliphatic heterocycles. The number of carboxylic acid groups (broad SMARTS) is 1. The van der Waals surface area contributed by atoms with Gasteiger partial charge in [0.2, 0.25) is 0 Å². The Balaban J connectivity index is 1.31. The van der Waals surface area contributed by atoms with Crippen molar-refractivity contribution in [2.75, 3.05) is 19.8 Å². The zero-order valence-corrected chi connectivity index (χ0v) is 23.6. The minimum atomic E-state index is -1.93. The monoisotopic (exact) mass is 574 g/mol. The third-order valence-corrected chi connectivity index (χ3v) is 7.83. The SMILES string of the molecule is O=C(O)C(CC=C=CC[C@H]1[C@@H](O)CC[C@@H]1/C=C/CCOc1ccc(F)cc1)(OC1CCCCO1)OC1CCCCO1. The Morgan fingerprint density at radius 3 is 2.29 bits per heavy atom. The summed E-state index contributed by atoms with van der Waals surface area (Å²) in [4.78, 5) is 12.5. The standard InChI is InChI=1S/C32H43FO8/c33-25-15-17-26(18-16-25)37-21-7-3-10-24-14-19-28(34)27(24)11-2-1-6-20-32(31(35)36,40-29-12-4-8-22-38-29)41-30-13-5-9-23-39-30/h2-3,6,10,15-18,24,27-30,34H,4-5,7-9,11-14,19-23H2,(H,35,36)/b10-3+/t1?,24-,27+,28-,29?,30?,32?/m0/s1. The van der Waals surface area contributed by atoms with Crippen molar-refractivity contribution in [1.29, 1.82) is 0 Å². The molecule has 0 amide bonds. The number of halogens is 1. The largest absolute Gasteiger partial charge is 0.493 e. The highest BCUT2D eigenvalue weighted by atomic mass is 19.1. The number of aliphatic hydroxyl groups excluding tert-OH is 1. The summed E-state index contributed by atoms with van der Waals surface area (Å²) in [7, 11) is 0. The summed E-state index contributed by atoms with van der Waals surface area (Å²) in [6.45, 7) is 1.53. The lowest BCUT2D eigenvalue weighted by molar-refractivity contribution is -0.349. The van der Waals surface area contributed by atoms with Crippen LogP contribution in [0.5, 0.6) is 5.75 Å². The molecule has 5 atom stereocenters. The first-order chi connectivity index (χ1) is 19.9. The summed E-state index contributed by atoms with van der Waals surface area (Å²) >= 11 is 0. The number of hydrogen-bond acceptors (Lipinski definition) is 7. The van der Waals surface area contributed by atoms with Gasteiger partial charge in [-0.2, -0.15) is 0 Å². The van der Waals surface area contributed by atoms with Crippen LogP contribution in [0.25, 0.3) is 0 Å². The predicted molar refractivity (Wildman–Crippen MR) is 149 cm³/mol. The van der Waals surface area contributed by atoms with Gasteiger partial charge in [0.1, 0.15) is 11.6 Å². The van der Waals surface area contributed by atoms with Crippen molar-refractivity contribution >= 4 is 5.97 Å². The van der Waals surface area contributed by atoms with E-state index >= 15 is 0 Å². The number of ether oxygens (including phenoxy) is 5. The topological polar surface area (TPSA) is 104 Å². The zero-order valence-electron chi connectivity index (χ0n) is 23.6. The first-order valence-corrected chi connectivity index (χ1v) is 14.9. The van der Waals surface area contributed by atoms with Crippen molar-refractivity contribution < 1.29 is 43.1 Å². The number of carbonyl (C=O) groups is 1. The number of rotatable bonds is 14. The van der Waals surface area contributed by atoms with Gasteiger partial charge in [-0.25, -0.2) is 9.18 Å². The van der Waals surface area contributed by atoms with Crippen LogP contribution in [0.15, 0.2) is 54.3 Å². The molecule has 0 bridgehead atoms. The lowest BCUT2D eigenvalue weighted by Gasteiger charge is -2.37. The van der Waals surface area contributed by atoms with Crippen LogP contribution in [-0.2, 0) is 23.7 Å². The summed E-state index contributed by atoms with van der Waals surface area (Å²) in [5, 5.41) is 20.8. The molecule has 1 aromatic carbocycles. The molecule has 41 heavy (non-hydrogen) atoms. The predicted octanol–water partition coefficient (Wildman–Crippen LogP) is 5.90. The Labute approximate surface area is 241 Å². The second kappa shape index (κ2) is 16.2. The van der Waals surface area contributed by atoms with E-state index in [1.54, 1.807) is 18.2 Å². The van der Waals surface area contributed by atoms with Crippen LogP contribution in [0.3, 0.4) is 0 Å². The van der Waals surface area contributed by atoms with Crippen LogP contribution in [0.1, 0.15) is 70.6 Å². The molecule has 3 fully saturated rings. The molecular formula is C32H43FO8. The van der Waals surface area contributed by atoms with Crippen molar-refractivity contribution in [3.8, 4) is 5.75 Å². The smallest absolute Gasteiger partial charge is 0.364 e. The molecule has 9 heteroatoms. The van der Waals surface area contributed by atoms with Gasteiger partial charge in [0.25, 0.3) is 5.79 Å². The molecule has 2 saturated heterocycles. The van der Waals surface area contributed by atoms with Gasteiger partial charge in [-0.15, -0.1) is 5.73 Å². The molecule has 4 rings (SSSR count). The molecular weight excluding hydrogens is 531 g/mol. The molecule has 8 nitrogen and oxygen atoms in total. The van der Waals surface area contributed by atoms with E-state index < -0.39 is 30.4 Å². The van der Waals surface area contributed by atoms with Crippen molar-refractivity contribution in [2.45, 2.75) is 95.1 Å². The first kappa shape index (κ1) is 31.4. The molecule has 1 aromatic rings. The molecule has 0 radical (unpaired) electrons. The van der Waals surface area contributed by atoms with Gasteiger partial charge in [0.05, 0.1) is 12.7 Å². The van der Waals surface area contributed by atoms with Crippen molar-refractivity contribution in [1.82, 2.24) is 0 Å². The van der Waals surface area contributed by atoms with Crippen molar-refractivity contribution in [3.63, 3.8) is 0 Å². The fraction of sp³-hybridized carbons (Fsp3) is 0.625. The average Bonchev–Trinajstić information content (AvgIpc) is 3.33. The second-order valence-corrected chi connectivity index (χ2v) is 10.9. The van der Waals surface area contributed by atoms with E-state index in [0.717, 1.165) is 38.5 Å². The van der Waals surface area contributed by atoms with Gasteiger partial charge in [-0.1, -0.05) is 12.2 Å². The summed E-state index contributed by atoms with van der Waals surface area (Å²) in [6.07, 6.45) is 13.7. The van der Waals surface area contributed by atoms with E-state index in [-0.39, 0.29) is 24.1 Å². The summed E-state index contributed by atoms with van der Waals surface area (Å²) in [5.41, 5.74) is 3.10. The summed E-state index contributed by atoms with van der Waals surface area (Å²) < 4.78 is 41.9. The van der Waals surface area contributed by atoms with Crippen LogP contribution < -0.4 is 4.74 Å². The van der Waals surface area contributed by atoms with Gasteiger partial charge in [-0.05, 0) is 112 Å². The number of hydrogen-bond donors (Lipinski definition) is 2. The van der Waals surface area contributed by atoms with Gasteiger partial charge >= 0.3 is 5.97 Å². The van der Waals surface area contributed by atoms with E-state index in [2.05, 4.69) is 17.9 Å². The number of aliphatic hydroxyl groups is 1. The maximum Gasteiger partial charge on any atom is 0.364 e. The summed E-state index contributed by atoms with van der Waals surface area (Å²) in [5.74, 6) is -2.54. The van der Waals surface area contributed by atoms with E-state index in [9.17, 15) is 19.4 Å². The van der Waals surface area contributed by atoms with Crippen LogP contribution >= 0.6 is 0 Å². The lowest BCUT2D eigenvalue weighted by atomic mass is 9.91. The van der Waals surface area contributed by atoms with Gasteiger partial charge in [0, 0.05) is 19.6 Å². The number of allylic oxidation sites excluding steroid dienone is 1. The number of benzene rings is 1. The Hall–Kier alpha value is -2.52. The molecule has 2 N–H and O–H groups in total. The maximum atomic E-state index is 13.0. The quantitative estimate of drug-likeness (QED) is 0.123. The highest BCUT2D eigenvalue weighted by Crippen LogP contribution is 2.36. The highest BCUT2D eigenvalue weighted by molar-refractivity contribution is 5.76. The Morgan fingerprint density at radius 1 is 1.00 bits per heavy atom. The number of carboxylic acids is 1. The minimum absolute atomic E-state index is 0.0492. The van der Waals surface area contributed by atoms with Crippen LogP contribution in [0, 0.1) is 17.7 Å². The zero-order chi connectivity index (χ0) is 28.9. The van der Waals surface area contributed by atoms with Crippen LogP contribution in [-0.4, -0.2) is 60.5 Å². The molecule has 3 aliphatic rings. The average molecular weight is 575 g/mol. The van der Waals surface area contributed by atoms with Crippen LogP contribution in [0.2, 0.25) is 0 Å². The van der Waals surface area contributed by atoms with E-state index in [1.165, 1.54) is 12.1 Å². The van der Waals surface area contributed by atoms with Crippen molar-refractivity contribution in [3.05, 3.63) is 60.1 Å². The molecule has 1 saturated carbocycles. The normalized spacial score (nSPS) is 28.1. The molecule has 0 aromatic heterocycles. The Bertz CT molecular complexity index is 1000. The fourth-order valence-corrected chi connectivity index (χ4v) is 5.52. The summed E-state index contributed by atoms with van der Waals surface area (Å²) in [6, 6.07) is 5.95. The molecule has 226 valence electrons. The number of aliphatic carboxylic acids is 1. The molecule has 2 unspecified atom stereocenters. The second-order valence-electron chi connectivity index (χ2n) is 10.9. The lowest BCUT2D eigenvalue weighted by Crippen LogP contribution is -2.50. The first-order valence-electron chi connectivity index (χ1n) is 14.9. The Morgan fingerprint density at radius 2 is 1.68 bits per heavy atom. The van der Waals surface area contributed by atoms with E-state index in [1.807, 2.05) is 6.08 Å². The van der Waals surface area contributed by atoms with Gasteiger partial charge < -0.3 is 33.9 Å². The molecule has 1 aliphatic carbocycles.